The lowest BCUT2D eigenvalue weighted by molar-refractivity contribution is 0.249. The number of primary amides is 1. The van der Waals surface area contributed by atoms with Crippen molar-refractivity contribution in [3.8, 4) is 11.5 Å². The standard InChI is InChI=1S/C17H18ClN3O3/c1-2-23-16-9-13(10-20-21-17(19)22)5-8-15(16)24-11-12-3-6-14(18)7-4-12/h3-10H,2,11H2,1H3,(H3,19,21,22)/b20-10-. The molecule has 2 amide bonds. The molecule has 2 rings (SSSR count). The average Bonchev–Trinajstić information content (AvgIpc) is 2.55. The number of urea groups is 1. The Morgan fingerprint density at radius 2 is 1.96 bits per heavy atom. The largest absolute Gasteiger partial charge is 0.490 e. The van der Waals surface area contributed by atoms with Gasteiger partial charge < -0.3 is 15.2 Å². The lowest BCUT2D eigenvalue weighted by atomic mass is 10.2. The van der Waals surface area contributed by atoms with Gasteiger partial charge in [0.15, 0.2) is 11.5 Å². The molecule has 3 N–H and O–H groups in total. The van der Waals surface area contributed by atoms with E-state index in [0.717, 1.165) is 11.1 Å². The zero-order chi connectivity index (χ0) is 17.4. The number of halogens is 1. The highest BCUT2D eigenvalue weighted by molar-refractivity contribution is 6.30. The number of hydrogen-bond acceptors (Lipinski definition) is 4. The number of benzene rings is 2. The van der Waals surface area contributed by atoms with Crippen LogP contribution in [0.3, 0.4) is 0 Å². The summed E-state index contributed by atoms with van der Waals surface area (Å²) in [7, 11) is 0. The molecule has 0 aliphatic heterocycles. The molecule has 126 valence electrons. The van der Waals surface area contributed by atoms with Crippen molar-refractivity contribution in [1.82, 2.24) is 5.43 Å². The van der Waals surface area contributed by atoms with E-state index < -0.39 is 6.03 Å². The Morgan fingerprint density at radius 3 is 2.62 bits per heavy atom. The molecule has 2 aromatic rings. The van der Waals surface area contributed by atoms with Crippen molar-refractivity contribution >= 4 is 23.8 Å². The molecule has 0 radical (unpaired) electrons. The Bertz CT molecular complexity index is 718. The molecule has 0 heterocycles. The molecule has 0 saturated carbocycles. The van der Waals surface area contributed by atoms with Gasteiger partial charge in [-0.25, -0.2) is 10.2 Å². The topological polar surface area (TPSA) is 85.9 Å². The smallest absolute Gasteiger partial charge is 0.332 e. The fraction of sp³-hybridized carbons (Fsp3) is 0.176. The van der Waals surface area contributed by atoms with Crippen LogP contribution in [0.1, 0.15) is 18.1 Å². The maximum atomic E-state index is 10.6. The molecule has 0 spiro atoms. The molecule has 24 heavy (non-hydrogen) atoms. The van der Waals surface area contributed by atoms with Gasteiger partial charge in [0.05, 0.1) is 12.8 Å². The number of ether oxygens (including phenoxy) is 2. The van der Waals surface area contributed by atoms with Crippen molar-refractivity contribution in [3.63, 3.8) is 0 Å². The molecule has 0 atom stereocenters. The fourth-order valence-electron chi connectivity index (χ4n) is 1.90. The normalized spacial score (nSPS) is 10.6. The van der Waals surface area contributed by atoms with Gasteiger partial charge >= 0.3 is 6.03 Å². The highest BCUT2D eigenvalue weighted by Crippen LogP contribution is 2.29. The highest BCUT2D eigenvalue weighted by atomic mass is 35.5. The quantitative estimate of drug-likeness (QED) is 0.595. The van der Waals surface area contributed by atoms with Crippen molar-refractivity contribution in [1.29, 1.82) is 0 Å². The molecule has 0 fully saturated rings. The highest BCUT2D eigenvalue weighted by Gasteiger charge is 2.06. The zero-order valence-electron chi connectivity index (χ0n) is 13.2. The van der Waals surface area contributed by atoms with Crippen LogP contribution in [-0.2, 0) is 6.61 Å². The van der Waals surface area contributed by atoms with Crippen LogP contribution in [0, 0.1) is 0 Å². The molecule has 0 bridgehead atoms. The van der Waals surface area contributed by atoms with Crippen LogP contribution in [0.15, 0.2) is 47.6 Å². The molecular weight excluding hydrogens is 330 g/mol. The van der Waals surface area contributed by atoms with E-state index in [1.165, 1.54) is 6.21 Å². The van der Waals surface area contributed by atoms with Gasteiger partial charge in [0.2, 0.25) is 0 Å². The Balaban J connectivity index is 2.09. The van der Waals surface area contributed by atoms with E-state index in [2.05, 4.69) is 10.5 Å². The summed E-state index contributed by atoms with van der Waals surface area (Å²) >= 11 is 5.87. The number of nitrogens with one attached hydrogen (secondary N) is 1. The van der Waals surface area contributed by atoms with E-state index in [9.17, 15) is 4.79 Å². The first kappa shape index (κ1) is 17.6. The van der Waals surface area contributed by atoms with E-state index >= 15 is 0 Å². The summed E-state index contributed by atoms with van der Waals surface area (Å²) < 4.78 is 11.4. The van der Waals surface area contributed by atoms with Gasteiger partial charge in [-0.2, -0.15) is 5.10 Å². The summed E-state index contributed by atoms with van der Waals surface area (Å²) in [4.78, 5) is 10.6. The van der Waals surface area contributed by atoms with Crippen LogP contribution in [0.2, 0.25) is 5.02 Å². The van der Waals surface area contributed by atoms with Gasteiger partial charge in [-0.1, -0.05) is 23.7 Å². The maximum Gasteiger partial charge on any atom is 0.332 e. The number of carbonyl (C=O) groups is 1. The molecule has 0 aliphatic rings. The minimum atomic E-state index is -0.723. The minimum absolute atomic E-state index is 0.397. The number of hydrazone groups is 1. The second kappa shape index (κ2) is 8.79. The van der Waals surface area contributed by atoms with E-state index in [-0.39, 0.29) is 0 Å². The van der Waals surface area contributed by atoms with Crippen molar-refractivity contribution in [2.24, 2.45) is 10.8 Å². The lowest BCUT2D eigenvalue weighted by Gasteiger charge is -2.12. The first-order valence-electron chi connectivity index (χ1n) is 7.31. The molecule has 0 aliphatic carbocycles. The van der Waals surface area contributed by atoms with Crippen LogP contribution in [0.25, 0.3) is 0 Å². The van der Waals surface area contributed by atoms with Gasteiger partial charge in [-0.3, -0.25) is 0 Å². The van der Waals surface area contributed by atoms with Crippen LogP contribution in [0.5, 0.6) is 11.5 Å². The first-order chi connectivity index (χ1) is 11.6. The summed E-state index contributed by atoms with van der Waals surface area (Å²) in [6.07, 6.45) is 1.47. The predicted octanol–water partition coefficient (Wildman–Crippen LogP) is 3.32. The van der Waals surface area contributed by atoms with E-state index in [1.807, 2.05) is 31.2 Å². The number of rotatable bonds is 7. The van der Waals surface area contributed by atoms with Crippen LogP contribution in [0.4, 0.5) is 4.79 Å². The molecule has 7 heteroatoms. The Labute approximate surface area is 145 Å². The monoisotopic (exact) mass is 347 g/mol. The predicted molar refractivity (Wildman–Crippen MR) is 93.7 cm³/mol. The van der Waals surface area contributed by atoms with Crippen LogP contribution >= 0.6 is 11.6 Å². The molecule has 0 aromatic heterocycles. The van der Waals surface area contributed by atoms with Crippen molar-refractivity contribution < 1.29 is 14.3 Å². The number of amides is 2. The van der Waals surface area contributed by atoms with Crippen molar-refractivity contribution in [2.75, 3.05) is 6.61 Å². The molecule has 2 aromatic carbocycles. The van der Waals surface area contributed by atoms with Gasteiger partial charge in [-0.05, 0) is 48.4 Å². The van der Waals surface area contributed by atoms with Gasteiger partial charge in [0, 0.05) is 5.02 Å². The Morgan fingerprint density at radius 1 is 1.21 bits per heavy atom. The number of hydrogen-bond donors (Lipinski definition) is 2. The summed E-state index contributed by atoms with van der Waals surface area (Å²) in [6.45, 7) is 2.78. The fourth-order valence-corrected chi connectivity index (χ4v) is 2.03. The molecule has 0 saturated heterocycles. The second-order valence-electron chi connectivity index (χ2n) is 4.79. The first-order valence-corrected chi connectivity index (χ1v) is 7.69. The van der Waals surface area contributed by atoms with Crippen molar-refractivity contribution in [2.45, 2.75) is 13.5 Å². The third kappa shape index (κ3) is 5.48. The number of nitrogens with two attached hydrogens (primary N) is 1. The summed E-state index contributed by atoms with van der Waals surface area (Å²) in [5, 5.41) is 4.40. The molecular formula is C17H18ClN3O3. The van der Waals surface area contributed by atoms with Crippen molar-refractivity contribution in [3.05, 3.63) is 58.6 Å². The second-order valence-corrected chi connectivity index (χ2v) is 5.23. The molecule has 6 nitrogen and oxygen atoms in total. The van der Waals surface area contributed by atoms with E-state index in [0.29, 0.717) is 29.7 Å². The Hall–Kier alpha value is -2.73. The van der Waals surface area contributed by atoms with Crippen LogP contribution in [-0.4, -0.2) is 18.9 Å². The SMILES string of the molecule is CCOc1cc(/C=N\NC(N)=O)ccc1OCc1ccc(Cl)cc1. The van der Waals surface area contributed by atoms with E-state index in [4.69, 9.17) is 26.8 Å². The minimum Gasteiger partial charge on any atom is -0.490 e. The molecule has 0 unspecified atom stereocenters. The Kier molecular flexibility index (Phi) is 6.45. The number of carbonyl (C=O) groups excluding carboxylic acids is 1. The summed E-state index contributed by atoms with van der Waals surface area (Å²) in [6, 6.07) is 12.1. The summed E-state index contributed by atoms with van der Waals surface area (Å²) in [5.41, 5.74) is 8.82. The zero-order valence-corrected chi connectivity index (χ0v) is 13.9. The van der Waals surface area contributed by atoms with Gasteiger partial charge in [0.25, 0.3) is 0 Å². The third-order valence-corrected chi connectivity index (χ3v) is 3.22. The summed E-state index contributed by atoms with van der Waals surface area (Å²) in [5.74, 6) is 1.21. The van der Waals surface area contributed by atoms with E-state index in [1.54, 1.807) is 18.2 Å². The van der Waals surface area contributed by atoms with Gasteiger partial charge in [-0.15, -0.1) is 0 Å². The van der Waals surface area contributed by atoms with Crippen LogP contribution < -0.4 is 20.6 Å². The maximum absolute atomic E-state index is 10.6. The third-order valence-electron chi connectivity index (χ3n) is 2.96. The average molecular weight is 348 g/mol. The number of nitrogens with zero attached hydrogens (tertiary/aromatic N) is 1. The van der Waals surface area contributed by atoms with Gasteiger partial charge in [0.1, 0.15) is 6.61 Å². The lowest BCUT2D eigenvalue weighted by Crippen LogP contribution is -2.24.